The second-order valence-corrected chi connectivity index (χ2v) is 6.07. The van der Waals surface area contributed by atoms with E-state index >= 15 is 0 Å². The summed E-state index contributed by atoms with van der Waals surface area (Å²) in [7, 11) is -3.71. The van der Waals surface area contributed by atoms with E-state index in [0.29, 0.717) is 5.56 Å². The molecule has 1 aromatic carbocycles. The van der Waals surface area contributed by atoms with Crippen LogP contribution in [0.2, 0.25) is 0 Å². The zero-order valence-electron chi connectivity index (χ0n) is 11.0. The van der Waals surface area contributed by atoms with E-state index in [1.807, 2.05) is 13.8 Å². The Morgan fingerprint density at radius 1 is 1.37 bits per heavy atom. The van der Waals surface area contributed by atoms with E-state index in [0.717, 1.165) is 0 Å². The molecule has 106 valence electrons. The Kier molecular flexibility index (Phi) is 5.46. The molecule has 0 unspecified atom stereocenters. The summed E-state index contributed by atoms with van der Waals surface area (Å²) in [5, 5.41) is 10.7. The molecule has 0 aliphatic rings. The Morgan fingerprint density at radius 2 is 2.05 bits per heavy atom. The first-order valence-electron chi connectivity index (χ1n) is 5.91. The third kappa shape index (κ3) is 5.82. The molecule has 0 spiro atoms. The summed E-state index contributed by atoms with van der Waals surface area (Å²) in [6, 6.07) is 6.42. The van der Waals surface area contributed by atoms with Crippen molar-refractivity contribution in [3.63, 3.8) is 0 Å². The van der Waals surface area contributed by atoms with Gasteiger partial charge in [-0.15, -0.1) is 0 Å². The van der Waals surface area contributed by atoms with Crippen LogP contribution in [0.3, 0.4) is 0 Å². The quantitative estimate of drug-likeness (QED) is 0.682. The van der Waals surface area contributed by atoms with E-state index in [1.54, 1.807) is 12.1 Å². The van der Waals surface area contributed by atoms with Gasteiger partial charge in [0.1, 0.15) is 0 Å². The van der Waals surface area contributed by atoms with Gasteiger partial charge in [-0.2, -0.15) is 0 Å². The highest BCUT2D eigenvalue weighted by Gasteiger charge is 2.08. The van der Waals surface area contributed by atoms with Crippen molar-refractivity contribution in [3.05, 3.63) is 29.8 Å². The molecule has 0 fully saturated rings. The number of nitrogens with one attached hydrogen (secondary N) is 2. The average molecular weight is 285 g/mol. The molecular weight excluding hydrogens is 266 g/mol. The number of hydrogen-bond acceptors (Lipinski definition) is 4. The van der Waals surface area contributed by atoms with Crippen molar-refractivity contribution >= 4 is 15.9 Å². The van der Waals surface area contributed by atoms with Gasteiger partial charge in [0.05, 0.1) is 11.4 Å². The van der Waals surface area contributed by atoms with Crippen molar-refractivity contribution in [2.75, 3.05) is 6.54 Å². The molecule has 0 saturated heterocycles. The number of hydrogen-bond donors (Lipinski definition) is 3. The monoisotopic (exact) mass is 285 g/mol. The molecule has 0 atom stereocenters. The summed E-state index contributed by atoms with van der Waals surface area (Å²) in [5.74, 6) is -0.144. The lowest BCUT2D eigenvalue weighted by Gasteiger charge is -2.09. The van der Waals surface area contributed by atoms with Crippen LogP contribution in [0.5, 0.6) is 0 Å². The maximum atomic E-state index is 11.5. The van der Waals surface area contributed by atoms with Crippen LogP contribution in [0.25, 0.3) is 0 Å². The van der Waals surface area contributed by atoms with Crippen molar-refractivity contribution in [2.45, 2.75) is 31.3 Å². The normalized spacial score (nSPS) is 11.6. The molecule has 0 aliphatic heterocycles. The van der Waals surface area contributed by atoms with E-state index in [1.165, 1.54) is 12.1 Å². The molecule has 4 N–H and O–H groups in total. The van der Waals surface area contributed by atoms with Crippen LogP contribution in [0.15, 0.2) is 29.2 Å². The maximum Gasteiger partial charge on any atom is 0.238 e. The molecule has 6 nitrogen and oxygen atoms in total. The number of nitrogens with two attached hydrogens (primary N) is 1. The summed E-state index contributed by atoms with van der Waals surface area (Å²) in [6.07, 6.45) is 0. The van der Waals surface area contributed by atoms with Crippen LogP contribution in [0, 0.1) is 0 Å². The number of rotatable bonds is 6. The minimum atomic E-state index is -3.71. The van der Waals surface area contributed by atoms with E-state index in [4.69, 9.17) is 5.14 Å². The topological polar surface area (TPSA) is 101 Å². The summed E-state index contributed by atoms with van der Waals surface area (Å²) in [5.41, 5.74) is 0.685. The molecular formula is C12H19N3O3S. The Bertz CT molecular complexity index is 541. The summed E-state index contributed by atoms with van der Waals surface area (Å²) in [4.78, 5) is 11.5. The SMILES string of the molecule is CC(C)NCC(=O)NCc1cccc(S(N)(=O)=O)c1. The van der Waals surface area contributed by atoms with Gasteiger partial charge in [0, 0.05) is 12.6 Å². The fourth-order valence-corrected chi connectivity index (χ4v) is 1.98. The first-order valence-corrected chi connectivity index (χ1v) is 7.45. The van der Waals surface area contributed by atoms with E-state index in [9.17, 15) is 13.2 Å². The standard InChI is InChI=1S/C12H19N3O3S/c1-9(2)14-8-12(16)15-7-10-4-3-5-11(6-10)19(13,17)18/h3-6,9,14H,7-8H2,1-2H3,(H,15,16)(H2,13,17,18). The number of primary sulfonamides is 1. The van der Waals surface area contributed by atoms with Gasteiger partial charge in [-0.05, 0) is 17.7 Å². The number of carbonyl (C=O) groups is 1. The van der Waals surface area contributed by atoms with Crippen molar-refractivity contribution in [1.82, 2.24) is 10.6 Å². The van der Waals surface area contributed by atoms with Gasteiger partial charge in [0.15, 0.2) is 0 Å². The molecule has 0 heterocycles. The third-order valence-electron chi connectivity index (χ3n) is 2.39. The summed E-state index contributed by atoms with van der Waals surface area (Å²) in [6.45, 7) is 4.39. The molecule has 0 saturated carbocycles. The predicted octanol–water partition coefficient (Wildman–Crippen LogP) is -0.0518. The largest absolute Gasteiger partial charge is 0.351 e. The van der Waals surface area contributed by atoms with Crippen LogP contribution < -0.4 is 15.8 Å². The van der Waals surface area contributed by atoms with Gasteiger partial charge < -0.3 is 10.6 Å². The van der Waals surface area contributed by atoms with Crippen molar-refractivity contribution in [1.29, 1.82) is 0 Å². The minimum Gasteiger partial charge on any atom is -0.351 e. The van der Waals surface area contributed by atoms with Crippen molar-refractivity contribution in [2.24, 2.45) is 5.14 Å². The Labute approximate surface area is 113 Å². The molecule has 1 rings (SSSR count). The van der Waals surface area contributed by atoms with E-state index in [2.05, 4.69) is 10.6 Å². The fourth-order valence-electron chi connectivity index (χ4n) is 1.39. The van der Waals surface area contributed by atoms with Gasteiger partial charge in [0.25, 0.3) is 0 Å². The van der Waals surface area contributed by atoms with Crippen LogP contribution in [0.4, 0.5) is 0 Å². The lowest BCUT2D eigenvalue weighted by molar-refractivity contribution is -0.120. The molecule has 1 amide bonds. The first kappa shape index (κ1) is 15.6. The highest BCUT2D eigenvalue weighted by Crippen LogP contribution is 2.09. The molecule has 19 heavy (non-hydrogen) atoms. The molecule has 7 heteroatoms. The fraction of sp³-hybridized carbons (Fsp3) is 0.417. The number of carbonyl (C=O) groups excluding carboxylic acids is 1. The number of benzene rings is 1. The number of amides is 1. The zero-order chi connectivity index (χ0) is 14.5. The van der Waals surface area contributed by atoms with Crippen molar-refractivity contribution < 1.29 is 13.2 Å². The average Bonchev–Trinajstić information content (AvgIpc) is 2.33. The van der Waals surface area contributed by atoms with Gasteiger partial charge in [-0.3, -0.25) is 4.79 Å². The third-order valence-corrected chi connectivity index (χ3v) is 3.30. The Morgan fingerprint density at radius 3 is 2.63 bits per heavy atom. The van der Waals surface area contributed by atoms with Gasteiger partial charge in [-0.1, -0.05) is 26.0 Å². The summed E-state index contributed by atoms with van der Waals surface area (Å²) < 4.78 is 22.4. The summed E-state index contributed by atoms with van der Waals surface area (Å²) >= 11 is 0. The van der Waals surface area contributed by atoms with Gasteiger partial charge in [-0.25, -0.2) is 13.6 Å². The highest BCUT2D eigenvalue weighted by atomic mass is 32.2. The Hall–Kier alpha value is -1.44. The van der Waals surface area contributed by atoms with E-state index < -0.39 is 10.0 Å². The van der Waals surface area contributed by atoms with Crippen LogP contribution in [-0.2, 0) is 21.4 Å². The first-order chi connectivity index (χ1) is 8.79. The highest BCUT2D eigenvalue weighted by molar-refractivity contribution is 7.89. The molecule has 0 radical (unpaired) electrons. The molecule has 1 aromatic rings. The minimum absolute atomic E-state index is 0.0413. The van der Waals surface area contributed by atoms with Gasteiger partial charge >= 0.3 is 0 Å². The maximum absolute atomic E-state index is 11.5. The zero-order valence-corrected chi connectivity index (χ0v) is 11.8. The van der Waals surface area contributed by atoms with Crippen LogP contribution in [0.1, 0.15) is 19.4 Å². The van der Waals surface area contributed by atoms with Gasteiger partial charge in [0.2, 0.25) is 15.9 Å². The smallest absolute Gasteiger partial charge is 0.238 e. The second kappa shape index (κ2) is 6.65. The van der Waals surface area contributed by atoms with Crippen molar-refractivity contribution in [3.8, 4) is 0 Å². The van der Waals surface area contributed by atoms with Crippen LogP contribution >= 0.6 is 0 Å². The second-order valence-electron chi connectivity index (χ2n) is 4.50. The molecule has 0 aromatic heterocycles. The molecule has 0 aliphatic carbocycles. The molecule has 0 bridgehead atoms. The lowest BCUT2D eigenvalue weighted by Crippen LogP contribution is -2.36. The Balaban J connectivity index is 2.57. The van der Waals surface area contributed by atoms with Crippen LogP contribution in [-0.4, -0.2) is 26.9 Å². The predicted molar refractivity (Wildman–Crippen MR) is 72.8 cm³/mol. The van der Waals surface area contributed by atoms with E-state index in [-0.39, 0.29) is 29.9 Å². The number of sulfonamides is 1. The lowest BCUT2D eigenvalue weighted by atomic mass is 10.2.